The predicted molar refractivity (Wildman–Crippen MR) is 168 cm³/mol. The number of hydrogen-bond donors (Lipinski definition) is 0. The highest BCUT2D eigenvalue weighted by Gasteiger charge is 2.47. The monoisotopic (exact) mass is 508 g/mol. The Morgan fingerprint density at radius 1 is 0.375 bits per heavy atom. The second kappa shape index (κ2) is 7.93. The van der Waals surface area contributed by atoms with E-state index in [1.807, 2.05) is 0 Å². The van der Waals surface area contributed by atoms with Crippen LogP contribution in [0, 0.1) is 0 Å². The molecule has 0 aliphatic heterocycles. The molecule has 0 unspecified atom stereocenters. The summed E-state index contributed by atoms with van der Waals surface area (Å²) >= 11 is 0. The van der Waals surface area contributed by atoms with E-state index >= 15 is 0 Å². The minimum atomic E-state index is 0.136. The van der Waals surface area contributed by atoms with Crippen molar-refractivity contribution in [1.82, 2.24) is 0 Å². The lowest BCUT2D eigenvalue weighted by atomic mass is 9.65. The molecule has 0 nitrogen and oxygen atoms in total. The average Bonchev–Trinajstić information content (AvgIpc) is 3.15. The van der Waals surface area contributed by atoms with Crippen molar-refractivity contribution in [3.8, 4) is 0 Å². The second-order valence-electron chi connectivity index (χ2n) is 11.6. The van der Waals surface area contributed by atoms with E-state index in [4.69, 9.17) is 0 Å². The van der Waals surface area contributed by atoms with Gasteiger partial charge in [0.25, 0.3) is 0 Å². The average molecular weight is 509 g/mol. The third-order valence-electron chi connectivity index (χ3n) is 10.0. The maximum absolute atomic E-state index is 4.33. The van der Waals surface area contributed by atoms with Crippen molar-refractivity contribution in [2.75, 3.05) is 0 Å². The fraction of sp³-hybridized carbons (Fsp3) is 0.100. The first kappa shape index (κ1) is 22.2. The van der Waals surface area contributed by atoms with Gasteiger partial charge in [-0.15, -0.1) is 0 Å². The van der Waals surface area contributed by atoms with Crippen molar-refractivity contribution in [2.45, 2.75) is 23.7 Å². The zero-order chi connectivity index (χ0) is 26.5. The van der Waals surface area contributed by atoms with Crippen LogP contribution in [0.3, 0.4) is 0 Å². The molecule has 0 saturated heterocycles. The van der Waals surface area contributed by atoms with Crippen LogP contribution in [0.15, 0.2) is 122 Å². The van der Waals surface area contributed by atoms with E-state index < -0.39 is 0 Å². The van der Waals surface area contributed by atoms with Crippen LogP contribution < -0.4 is 0 Å². The van der Waals surface area contributed by atoms with Crippen LogP contribution in [0.1, 0.15) is 79.3 Å². The van der Waals surface area contributed by atoms with Gasteiger partial charge < -0.3 is 0 Å². The van der Waals surface area contributed by atoms with Crippen molar-refractivity contribution in [2.24, 2.45) is 0 Å². The molecule has 188 valence electrons. The molecule has 0 spiro atoms. The molecule has 0 saturated carbocycles. The molecule has 6 aromatic carbocycles. The maximum Gasteiger partial charge on any atom is 0.0214 e. The Bertz CT molecular complexity index is 1910. The Morgan fingerprint density at radius 3 is 1.07 bits per heavy atom. The van der Waals surface area contributed by atoms with Gasteiger partial charge in [0.15, 0.2) is 0 Å². The van der Waals surface area contributed by atoms with Crippen LogP contribution in [-0.2, 0) is 0 Å². The van der Waals surface area contributed by atoms with Crippen molar-refractivity contribution < 1.29 is 0 Å². The molecular weight excluding hydrogens is 480 g/mol. The second-order valence-corrected chi connectivity index (χ2v) is 11.6. The van der Waals surface area contributed by atoms with Crippen molar-refractivity contribution in [3.63, 3.8) is 0 Å². The number of fused-ring (bicyclic) bond motifs is 6. The van der Waals surface area contributed by atoms with Gasteiger partial charge in [-0.3, -0.25) is 0 Å². The molecule has 6 aromatic rings. The Balaban J connectivity index is 1.62. The van der Waals surface area contributed by atoms with Crippen LogP contribution in [0.4, 0.5) is 0 Å². The fourth-order valence-electron chi connectivity index (χ4n) is 8.71. The van der Waals surface area contributed by atoms with Gasteiger partial charge in [0.2, 0.25) is 0 Å². The lowest BCUT2D eigenvalue weighted by Gasteiger charge is -2.37. The van der Waals surface area contributed by atoms with Crippen molar-refractivity contribution in [3.05, 3.63) is 178 Å². The highest BCUT2D eigenvalue weighted by Crippen LogP contribution is 2.63. The first-order valence-corrected chi connectivity index (χ1v) is 14.3. The number of benzene rings is 6. The molecule has 0 amide bonds. The lowest BCUT2D eigenvalue weighted by molar-refractivity contribution is 0.634. The lowest BCUT2D eigenvalue weighted by Crippen LogP contribution is -2.23. The summed E-state index contributed by atoms with van der Waals surface area (Å²) in [5.41, 5.74) is 14.0. The Hall–Kier alpha value is -4.68. The first-order chi connectivity index (χ1) is 19.8. The van der Waals surface area contributed by atoms with Gasteiger partial charge in [-0.25, -0.2) is 0 Å². The molecule has 3 aliphatic carbocycles. The van der Waals surface area contributed by atoms with Crippen LogP contribution in [0.25, 0.3) is 33.7 Å². The van der Waals surface area contributed by atoms with E-state index in [1.165, 1.54) is 77.2 Å². The zero-order valence-electron chi connectivity index (χ0n) is 22.3. The normalized spacial score (nSPS) is 21.2. The summed E-state index contributed by atoms with van der Waals surface area (Å²) in [7, 11) is 0. The van der Waals surface area contributed by atoms with Crippen LogP contribution in [0.5, 0.6) is 0 Å². The van der Waals surface area contributed by atoms with E-state index in [2.05, 4.69) is 135 Å². The minimum absolute atomic E-state index is 0.136. The van der Waals surface area contributed by atoms with Gasteiger partial charge in [-0.1, -0.05) is 135 Å². The van der Waals surface area contributed by atoms with Gasteiger partial charge >= 0.3 is 0 Å². The molecule has 0 aromatic heterocycles. The molecule has 4 atom stereocenters. The van der Waals surface area contributed by atoms with E-state index in [1.54, 1.807) is 0 Å². The summed E-state index contributed by atoms with van der Waals surface area (Å²) in [6.45, 7) is 8.66. The first-order valence-electron chi connectivity index (χ1n) is 14.3. The highest BCUT2D eigenvalue weighted by atomic mass is 14.5. The topological polar surface area (TPSA) is 0 Å². The Labute approximate surface area is 234 Å². The fourth-order valence-corrected chi connectivity index (χ4v) is 8.71. The summed E-state index contributed by atoms with van der Waals surface area (Å²) in [5.74, 6) is 0.607. The van der Waals surface area contributed by atoms with Crippen LogP contribution >= 0.6 is 0 Å². The summed E-state index contributed by atoms with van der Waals surface area (Å²) in [6.07, 6.45) is 4.16. The summed E-state index contributed by atoms with van der Waals surface area (Å²) in [4.78, 5) is 0. The number of rotatable bonds is 2. The van der Waals surface area contributed by atoms with Gasteiger partial charge in [0.1, 0.15) is 0 Å². The third kappa shape index (κ3) is 2.62. The van der Waals surface area contributed by atoms with E-state index in [9.17, 15) is 0 Å². The maximum atomic E-state index is 4.33. The molecular formula is C40H28. The SMILES string of the molecule is C=Cc1cccc2c1[C@@H]1c3cccc4cccc(c34)[C@H]2[C@@H]2c3cccc(C=C)c3[C@H]1c1cccc3cccc2c13. The minimum Gasteiger partial charge on any atom is -0.0985 e. The van der Waals surface area contributed by atoms with Crippen LogP contribution in [0.2, 0.25) is 0 Å². The molecule has 0 N–H and O–H groups in total. The Kier molecular flexibility index (Phi) is 4.39. The quantitative estimate of drug-likeness (QED) is 0.218. The van der Waals surface area contributed by atoms with Gasteiger partial charge in [0, 0.05) is 23.7 Å². The third-order valence-corrected chi connectivity index (χ3v) is 10.0. The predicted octanol–water partition coefficient (Wildman–Crippen LogP) is 10.1. The molecule has 4 bridgehead atoms. The van der Waals surface area contributed by atoms with Crippen molar-refractivity contribution >= 4 is 33.7 Å². The summed E-state index contributed by atoms with van der Waals surface area (Å²) < 4.78 is 0. The summed E-state index contributed by atoms with van der Waals surface area (Å²) in [6, 6.07) is 41.7. The largest absolute Gasteiger partial charge is 0.0985 e. The van der Waals surface area contributed by atoms with E-state index in [0.29, 0.717) is 0 Å². The molecule has 0 heterocycles. The number of hydrogen-bond acceptors (Lipinski definition) is 0. The van der Waals surface area contributed by atoms with Crippen molar-refractivity contribution in [1.29, 1.82) is 0 Å². The molecule has 9 rings (SSSR count). The summed E-state index contributed by atoms with van der Waals surface area (Å²) in [5, 5.41) is 5.52. The Morgan fingerprint density at radius 2 is 0.700 bits per heavy atom. The molecule has 0 radical (unpaired) electrons. The smallest absolute Gasteiger partial charge is 0.0214 e. The highest BCUT2D eigenvalue weighted by molar-refractivity contribution is 5.97. The standard InChI is InChI=1S/C40H28/c1-3-23-11-5-21-31-35(23)39-29-19-9-15-25-13-7-17-27(33(25)29)37(31)38-28-18-8-14-26-16-10-20-30(34(26)28)40(39)36-24(4-2)12-6-22-32(36)38/h3-22,37-40H,1-2H2/t37-,38+,39+,40-. The molecule has 0 fully saturated rings. The van der Waals surface area contributed by atoms with Gasteiger partial charge in [-0.2, -0.15) is 0 Å². The van der Waals surface area contributed by atoms with Gasteiger partial charge in [0.05, 0.1) is 0 Å². The van der Waals surface area contributed by atoms with Crippen LogP contribution in [-0.4, -0.2) is 0 Å². The van der Waals surface area contributed by atoms with E-state index in [-0.39, 0.29) is 23.7 Å². The van der Waals surface area contributed by atoms with E-state index in [0.717, 1.165) is 0 Å². The zero-order valence-corrected chi connectivity index (χ0v) is 22.3. The molecule has 3 aliphatic rings. The van der Waals surface area contributed by atoms with Gasteiger partial charge in [-0.05, 0) is 77.2 Å². The molecule has 40 heavy (non-hydrogen) atoms. The molecule has 0 heteroatoms.